The Bertz CT molecular complexity index is 1200. The van der Waals surface area contributed by atoms with Crippen molar-refractivity contribution in [3.05, 3.63) is 89.5 Å². The molecule has 0 heterocycles. The number of benzene rings is 3. The summed E-state index contributed by atoms with van der Waals surface area (Å²) < 4.78 is 43.3. The predicted octanol–water partition coefficient (Wildman–Crippen LogP) is 9.88. The molecule has 0 aliphatic carbocycles. The van der Waals surface area contributed by atoms with Crippen LogP contribution in [0.4, 0.5) is 0 Å². The third-order valence-electron chi connectivity index (χ3n) is 5.53. The topological polar surface area (TPSA) is 79.8 Å². The molecule has 3 rings (SSSR count). The van der Waals surface area contributed by atoms with Crippen LogP contribution in [0.3, 0.4) is 0 Å². The molecule has 0 bridgehead atoms. The molecule has 0 spiro atoms. The fourth-order valence-electron chi connectivity index (χ4n) is 3.34. The van der Waals surface area contributed by atoms with Gasteiger partial charge in [0.1, 0.15) is 0 Å². The normalized spacial score (nSPS) is 13.5. The van der Waals surface area contributed by atoms with Crippen LogP contribution < -0.4 is 18.4 Å². The summed E-state index contributed by atoms with van der Waals surface area (Å²) in [7, 11) is -7.63. The Labute approximate surface area is 248 Å². The fraction of sp³-hybridized carbons (Fsp3) is 0.400. The zero-order valence-corrected chi connectivity index (χ0v) is 27.9. The first-order chi connectivity index (χ1) is 19.8. The molecule has 41 heavy (non-hydrogen) atoms. The van der Waals surface area contributed by atoms with Crippen molar-refractivity contribution in [1.29, 1.82) is 0 Å². The zero-order valence-electron chi connectivity index (χ0n) is 25.0. The van der Waals surface area contributed by atoms with Crippen molar-refractivity contribution >= 4 is 24.7 Å². The van der Waals surface area contributed by atoms with Gasteiger partial charge in [0.25, 0.3) is 0 Å². The van der Waals surface area contributed by atoms with E-state index >= 15 is 0 Å². The molecule has 2 unspecified atom stereocenters. The van der Waals surface area contributed by atoms with E-state index in [1.54, 1.807) is 0 Å². The Morgan fingerprint density at radius 2 is 1.20 bits per heavy atom. The minimum atomic E-state index is -3.68. The number of hydrogen-bond donors (Lipinski definition) is 1. The molecule has 3 aromatic carbocycles. The Hall–Kier alpha value is -2.01. The molecule has 0 saturated carbocycles. The molecule has 3 aromatic rings. The fourth-order valence-corrected chi connectivity index (χ4v) is 10.1. The average molecular weight is 623 g/mol. The van der Waals surface area contributed by atoms with Crippen LogP contribution in [0.2, 0.25) is 0 Å². The van der Waals surface area contributed by atoms with Crippen LogP contribution in [0, 0.1) is 20.8 Å². The monoisotopic (exact) mass is 622 g/mol. The van der Waals surface area contributed by atoms with Gasteiger partial charge in [-0.2, -0.15) is 0 Å². The van der Waals surface area contributed by atoms with Crippen LogP contribution in [-0.4, -0.2) is 19.8 Å². The van der Waals surface area contributed by atoms with Gasteiger partial charge in [0.2, 0.25) is 0 Å². The molecule has 0 saturated heterocycles. The third-order valence-corrected chi connectivity index (χ3v) is 12.1. The van der Waals surface area contributed by atoms with Crippen molar-refractivity contribution in [2.75, 3.05) is 19.8 Å². The first-order valence-electron chi connectivity index (χ1n) is 14.2. The Morgan fingerprint density at radius 1 is 0.683 bits per heavy atom. The van der Waals surface area contributed by atoms with Crippen LogP contribution in [0.5, 0.6) is 17.2 Å². The summed E-state index contributed by atoms with van der Waals surface area (Å²) in [6.07, 6.45) is 2.41. The molecule has 8 nitrogen and oxygen atoms in total. The number of nitrogens with one attached hydrogen (secondary N) is 1. The van der Waals surface area contributed by atoms with E-state index in [9.17, 15) is 0 Å². The number of nitrogens with zero attached hydrogens (tertiary/aromatic N) is 1. The molecule has 11 heteroatoms. The van der Waals surface area contributed by atoms with Gasteiger partial charge < -0.3 is 0 Å². The molecule has 0 aromatic heterocycles. The van der Waals surface area contributed by atoms with Crippen LogP contribution in [0.25, 0.3) is 0 Å². The van der Waals surface area contributed by atoms with Crippen molar-refractivity contribution in [3.8, 4) is 17.2 Å². The summed E-state index contributed by atoms with van der Waals surface area (Å²) in [5.74, 6) is 1.99. The molecule has 2 atom stereocenters. The molecule has 0 fully saturated rings. The minimum absolute atomic E-state index is 0.420. The second kappa shape index (κ2) is 17.8. The van der Waals surface area contributed by atoms with Gasteiger partial charge >= 0.3 is 249 Å². The van der Waals surface area contributed by atoms with Crippen LogP contribution in [-0.2, 0) is 13.6 Å². The van der Waals surface area contributed by atoms with E-state index in [4.69, 9.17) is 31.7 Å². The SMILES string of the molecule is CCCOP(N[PH](N=[PH](OCCC)Oc1ccc(C)cc1)(OCCC)Oc1ccc(C)cc1)Oc1ccc(C)cc1. The summed E-state index contributed by atoms with van der Waals surface area (Å²) in [5.41, 5.74) is 3.41. The van der Waals surface area contributed by atoms with E-state index in [-0.39, 0.29) is 0 Å². The molecular formula is C30H45N2O6P3. The van der Waals surface area contributed by atoms with Crippen LogP contribution >= 0.6 is 24.7 Å². The molecule has 0 radical (unpaired) electrons. The summed E-state index contributed by atoms with van der Waals surface area (Å²) in [6, 6.07) is 23.5. The van der Waals surface area contributed by atoms with Crippen molar-refractivity contribution in [3.63, 3.8) is 0 Å². The number of rotatable bonds is 18. The Kier molecular flexibility index (Phi) is 14.6. The van der Waals surface area contributed by atoms with E-state index < -0.39 is 24.7 Å². The van der Waals surface area contributed by atoms with Crippen molar-refractivity contribution in [1.82, 2.24) is 4.86 Å². The summed E-state index contributed by atoms with van der Waals surface area (Å²) in [6.45, 7) is 13.7. The maximum atomic E-state index is 6.65. The van der Waals surface area contributed by atoms with Gasteiger partial charge in [-0.25, -0.2) is 0 Å². The van der Waals surface area contributed by atoms with E-state index in [1.807, 2.05) is 100 Å². The van der Waals surface area contributed by atoms with Gasteiger partial charge in [-0.05, 0) is 0 Å². The average Bonchev–Trinajstić information content (AvgIpc) is 2.97. The maximum absolute atomic E-state index is 6.65. The first kappa shape index (κ1) is 33.5. The molecule has 0 amide bonds. The van der Waals surface area contributed by atoms with Gasteiger partial charge in [-0.1, -0.05) is 0 Å². The van der Waals surface area contributed by atoms with Gasteiger partial charge in [-0.15, -0.1) is 0 Å². The number of aryl methyl sites for hydroxylation is 3. The van der Waals surface area contributed by atoms with Crippen molar-refractivity contribution < 1.29 is 27.1 Å². The summed E-state index contributed by atoms with van der Waals surface area (Å²) >= 11 is 0. The quantitative estimate of drug-likeness (QED) is 0.141. The third kappa shape index (κ3) is 12.0. The van der Waals surface area contributed by atoms with Gasteiger partial charge in [0.05, 0.1) is 0 Å². The van der Waals surface area contributed by atoms with Crippen LogP contribution in [0.1, 0.15) is 56.7 Å². The van der Waals surface area contributed by atoms with Crippen molar-refractivity contribution in [2.24, 2.45) is 4.52 Å². The standard InChI is InChI=1S/C30H45N2O6P3/c1-7-22-33-39(36-28-16-10-25(4)11-17-28)31-41(35-24-9-3,38-30-20-14-27(6)15-21-30)32-40(34-23-8-2)37-29-18-12-26(5)13-19-29/h10-21,31,40-41H,7-9,22-24H2,1-6H3. The second-order valence-corrected chi connectivity index (χ2v) is 15.0. The Balaban J connectivity index is 2.06. The summed E-state index contributed by atoms with van der Waals surface area (Å²) in [4.78, 5) is 3.48. The van der Waals surface area contributed by atoms with Crippen LogP contribution in [0.15, 0.2) is 77.3 Å². The molecular weight excluding hydrogens is 577 g/mol. The van der Waals surface area contributed by atoms with E-state index in [0.717, 1.165) is 36.0 Å². The van der Waals surface area contributed by atoms with Gasteiger partial charge in [0, 0.05) is 0 Å². The molecule has 0 aliphatic heterocycles. The Morgan fingerprint density at radius 3 is 1.73 bits per heavy atom. The molecule has 226 valence electrons. The molecule has 0 aliphatic rings. The van der Waals surface area contributed by atoms with Gasteiger partial charge in [-0.3, -0.25) is 0 Å². The van der Waals surface area contributed by atoms with Crippen molar-refractivity contribution in [2.45, 2.75) is 60.8 Å². The number of hydrogen-bond acceptors (Lipinski definition) is 8. The van der Waals surface area contributed by atoms with E-state index in [0.29, 0.717) is 37.1 Å². The first-order valence-corrected chi connectivity index (χ1v) is 18.4. The predicted molar refractivity (Wildman–Crippen MR) is 173 cm³/mol. The van der Waals surface area contributed by atoms with Gasteiger partial charge in [0.15, 0.2) is 0 Å². The summed E-state index contributed by atoms with van der Waals surface area (Å²) in [5, 5.41) is 0. The zero-order chi connectivity index (χ0) is 29.5. The molecule has 1 N–H and O–H groups in total. The second-order valence-electron chi connectivity index (χ2n) is 9.59. The van der Waals surface area contributed by atoms with E-state index in [1.165, 1.54) is 0 Å². The van der Waals surface area contributed by atoms with E-state index in [2.05, 4.69) is 18.7 Å².